The molecule has 5 heteroatoms. The van der Waals surface area contributed by atoms with Crippen LogP contribution in [0.5, 0.6) is 0 Å². The van der Waals surface area contributed by atoms with E-state index in [-0.39, 0.29) is 0 Å². The molecule has 0 saturated heterocycles. The van der Waals surface area contributed by atoms with Crippen LogP contribution in [0.1, 0.15) is 23.2 Å². The number of nitrogen functional groups attached to an aromatic ring is 1. The molecule has 1 aromatic rings. The number of carbonyl (C=O) groups excluding carboxylic acids is 1. The second-order valence-corrected chi connectivity index (χ2v) is 5.20. The average Bonchev–Trinajstić information content (AvgIpc) is 3.27. The zero-order valence-electron chi connectivity index (χ0n) is 12.1. The lowest BCUT2D eigenvalue weighted by molar-refractivity contribution is 0.0602. The maximum atomic E-state index is 11.6. The third-order valence-corrected chi connectivity index (χ3v) is 3.50. The van der Waals surface area contributed by atoms with Gasteiger partial charge in [-0.25, -0.2) is 4.79 Å². The molecule has 0 amide bonds. The van der Waals surface area contributed by atoms with Gasteiger partial charge in [0, 0.05) is 31.6 Å². The van der Waals surface area contributed by atoms with Crippen LogP contribution in [-0.4, -0.2) is 39.9 Å². The predicted molar refractivity (Wildman–Crippen MR) is 79.0 cm³/mol. The van der Waals surface area contributed by atoms with Gasteiger partial charge in [0.1, 0.15) is 0 Å². The van der Waals surface area contributed by atoms with Gasteiger partial charge in [-0.3, -0.25) is 0 Å². The second kappa shape index (κ2) is 6.61. The Hall–Kier alpha value is -1.75. The van der Waals surface area contributed by atoms with Gasteiger partial charge in [0.05, 0.1) is 19.3 Å². The van der Waals surface area contributed by atoms with E-state index in [1.807, 2.05) is 18.0 Å². The number of esters is 1. The molecule has 1 fully saturated rings. The molecule has 1 aromatic carbocycles. The number of carbonyl (C=O) groups is 1. The fourth-order valence-corrected chi connectivity index (χ4v) is 1.93. The molecule has 2 rings (SSSR count). The minimum Gasteiger partial charge on any atom is -0.465 e. The first-order chi connectivity index (χ1) is 9.61. The van der Waals surface area contributed by atoms with E-state index in [2.05, 4.69) is 0 Å². The van der Waals surface area contributed by atoms with E-state index in [4.69, 9.17) is 15.2 Å². The van der Waals surface area contributed by atoms with Crippen LogP contribution in [0.4, 0.5) is 11.4 Å². The third kappa shape index (κ3) is 3.87. The number of anilines is 2. The van der Waals surface area contributed by atoms with Crippen LogP contribution < -0.4 is 10.6 Å². The van der Waals surface area contributed by atoms with Crippen molar-refractivity contribution in [3.05, 3.63) is 23.8 Å². The quantitative estimate of drug-likeness (QED) is 0.469. The molecule has 0 unspecified atom stereocenters. The molecule has 0 aliphatic heterocycles. The molecule has 0 spiro atoms. The molecule has 5 nitrogen and oxygen atoms in total. The fourth-order valence-electron chi connectivity index (χ4n) is 1.93. The summed E-state index contributed by atoms with van der Waals surface area (Å²) in [6, 6.07) is 5.37. The summed E-state index contributed by atoms with van der Waals surface area (Å²) in [5.41, 5.74) is 7.54. The van der Waals surface area contributed by atoms with Crippen LogP contribution in [0.25, 0.3) is 0 Å². The van der Waals surface area contributed by atoms with Gasteiger partial charge in [0.15, 0.2) is 0 Å². The Morgan fingerprint density at radius 3 is 2.85 bits per heavy atom. The zero-order valence-corrected chi connectivity index (χ0v) is 12.1. The Bertz CT molecular complexity index is 472. The van der Waals surface area contributed by atoms with Crippen molar-refractivity contribution in [3.8, 4) is 0 Å². The number of ether oxygens (including phenoxy) is 2. The molecular weight excluding hydrogens is 256 g/mol. The van der Waals surface area contributed by atoms with Crippen LogP contribution in [-0.2, 0) is 9.47 Å². The molecule has 1 saturated carbocycles. The first-order valence-electron chi connectivity index (χ1n) is 6.88. The highest BCUT2D eigenvalue weighted by Crippen LogP contribution is 2.28. The van der Waals surface area contributed by atoms with Gasteiger partial charge >= 0.3 is 5.97 Å². The molecule has 0 atom stereocenters. The summed E-state index contributed by atoms with van der Waals surface area (Å²) in [6.07, 6.45) is 2.60. The van der Waals surface area contributed by atoms with Crippen molar-refractivity contribution in [1.29, 1.82) is 0 Å². The molecule has 0 heterocycles. The molecule has 1 aliphatic rings. The molecule has 0 aromatic heterocycles. The molecule has 110 valence electrons. The Kier molecular flexibility index (Phi) is 4.84. The summed E-state index contributed by atoms with van der Waals surface area (Å²) in [5.74, 6) is 0.366. The van der Waals surface area contributed by atoms with Gasteiger partial charge in [-0.1, -0.05) is 0 Å². The molecule has 20 heavy (non-hydrogen) atoms. The Labute approximate surface area is 119 Å². The van der Waals surface area contributed by atoms with E-state index >= 15 is 0 Å². The lowest BCUT2D eigenvalue weighted by Gasteiger charge is -2.20. The summed E-state index contributed by atoms with van der Waals surface area (Å²) in [5, 5.41) is 0. The van der Waals surface area contributed by atoms with Crippen molar-refractivity contribution >= 4 is 17.3 Å². The van der Waals surface area contributed by atoms with E-state index in [0.717, 1.165) is 24.8 Å². The van der Waals surface area contributed by atoms with Gasteiger partial charge in [0.25, 0.3) is 0 Å². The number of hydrogen-bond donors (Lipinski definition) is 1. The topological polar surface area (TPSA) is 64.8 Å². The Morgan fingerprint density at radius 2 is 2.20 bits per heavy atom. The lowest BCUT2D eigenvalue weighted by atomic mass is 10.1. The van der Waals surface area contributed by atoms with Crippen molar-refractivity contribution in [2.75, 3.05) is 44.5 Å². The lowest BCUT2D eigenvalue weighted by Crippen LogP contribution is -2.23. The van der Waals surface area contributed by atoms with Crippen molar-refractivity contribution < 1.29 is 14.3 Å². The number of hydrogen-bond acceptors (Lipinski definition) is 5. The second-order valence-electron chi connectivity index (χ2n) is 5.20. The number of methoxy groups -OCH3 is 1. The normalized spacial score (nSPS) is 14.1. The van der Waals surface area contributed by atoms with Crippen molar-refractivity contribution in [1.82, 2.24) is 0 Å². The largest absolute Gasteiger partial charge is 0.465 e. The van der Waals surface area contributed by atoms with E-state index in [1.165, 1.54) is 20.0 Å². The smallest absolute Gasteiger partial charge is 0.340 e. The molecule has 2 N–H and O–H groups in total. The molecular formula is C15H22N2O3. The highest BCUT2D eigenvalue weighted by atomic mass is 16.5. The van der Waals surface area contributed by atoms with Gasteiger partial charge in [-0.15, -0.1) is 0 Å². The summed E-state index contributed by atoms with van der Waals surface area (Å²) < 4.78 is 10.3. The third-order valence-electron chi connectivity index (χ3n) is 3.50. The minimum atomic E-state index is -0.414. The SMILES string of the molecule is COC(=O)c1cc(N(C)CCOCC2CC2)ccc1N. The molecule has 0 radical (unpaired) electrons. The Balaban J connectivity index is 1.90. The first-order valence-corrected chi connectivity index (χ1v) is 6.88. The number of nitrogens with two attached hydrogens (primary N) is 1. The highest BCUT2D eigenvalue weighted by Gasteiger charge is 2.21. The summed E-state index contributed by atoms with van der Waals surface area (Å²) in [6.45, 7) is 2.32. The standard InChI is InChI=1S/C15H22N2O3/c1-17(7-8-20-10-11-3-4-11)12-5-6-14(16)13(9-12)15(18)19-2/h5-6,9,11H,3-4,7-8,10,16H2,1-2H3. The van der Waals surface area contributed by atoms with E-state index < -0.39 is 5.97 Å². The van der Waals surface area contributed by atoms with Crippen LogP contribution in [0, 0.1) is 5.92 Å². The van der Waals surface area contributed by atoms with Crippen LogP contribution in [0.2, 0.25) is 0 Å². The summed E-state index contributed by atoms with van der Waals surface area (Å²) in [4.78, 5) is 13.6. The monoisotopic (exact) mass is 278 g/mol. The van der Waals surface area contributed by atoms with Gasteiger partial charge in [-0.05, 0) is 37.0 Å². The maximum absolute atomic E-state index is 11.6. The summed E-state index contributed by atoms with van der Waals surface area (Å²) >= 11 is 0. The number of likely N-dealkylation sites (N-methyl/N-ethyl adjacent to an activating group) is 1. The van der Waals surface area contributed by atoms with Gasteiger partial charge < -0.3 is 20.1 Å². The minimum absolute atomic E-state index is 0.399. The maximum Gasteiger partial charge on any atom is 0.340 e. The fraction of sp³-hybridized carbons (Fsp3) is 0.533. The van der Waals surface area contributed by atoms with E-state index in [9.17, 15) is 4.79 Å². The number of benzene rings is 1. The number of nitrogens with zero attached hydrogens (tertiary/aromatic N) is 1. The first kappa shape index (κ1) is 14.7. The molecule has 0 bridgehead atoms. The number of rotatable bonds is 7. The molecule has 1 aliphatic carbocycles. The van der Waals surface area contributed by atoms with Crippen molar-refractivity contribution in [3.63, 3.8) is 0 Å². The van der Waals surface area contributed by atoms with Crippen LogP contribution >= 0.6 is 0 Å². The van der Waals surface area contributed by atoms with Crippen LogP contribution in [0.15, 0.2) is 18.2 Å². The van der Waals surface area contributed by atoms with Gasteiger partial charge in [-0.2, -0.15) is 0 Å². The highest BCUT2D eigenvalue weighted by molar-refractivity contribution is 5.96. The average molecular weight is 278 g/mol. The summed E-state index contributed by atoms with van der Waals surface area (Å²) in [7, 11) is 3.32. The predicted octanol–water partition coefficient (Wildman–Crippen LogP) is 1.92. The van der Waals surface area contributed by atoms with E-state index in [1.54, 1.807) is 12.1 Å². The van der Waals surface area contributed by atoms with E-state index in [0.29, 0.717) is 17.9 Å². The van der Waals surface area contributed by atoms with Gasteiger partial charge in [0.2, 0.25) is 0 Å². The zero-order chi connectivity index (χ0) is 14.5. The van der Waals surface area contributed by atoms with Crippen LogP contribution in [0.3, 0.4) is 0 Å². The van der Waals surface area contributed by atoms with Crippen molar-refractivity contribution in [2.45, 2.75) is 12.8 Å². The van der Waals surface area contributed by atoms with Crippen molar-refractivity contribution in [2.24, 2.45) is 5.92 Å². The Morgan fingerprint density at radius 1 is 1.45 bits per heavy atom.